The van der Waals surface area contributed by atoms with Crippen LogP contribution < -0.4 is 25.1 Å². The van der Waals surface area contributed by atoms with E-state index in [1.165, 1.54) is 25.1 Å². The van der Waals surface area contributed by atoms with Crippen LogP contribution in [0.4, 0.5) is 5.69 Å². The van der Waals surface area contributed by atoms with Crippen molar-refractivity contribution in [1.82, 2.24) is 19.4 Å². The lowest BCUT2D eigenvalue weighted by atomic mass is 10.1. The molecule has 170 valence electrons. The van der Waals surface area contributed by atoms with Gasteiger partial charge in [-0.2, -0.15) is 10.2 Å². The van der Waals surface area contributed by atoms with Gasteiger partial charge < -0.3 is 19.5 Å². The van der Waals surface area contributed by atoms with Crippen LogP contribution in [0.3, 0.4) is 0 Å². The molecular weight excluding hydrogens is 426 g/mol. The quantitative estimate of drug-likeness (QED) is 0.440. The van der Waals surface area contributed by atoms with Crippen molar-refractivity contribution in [3.05, 3.63) is 65.2 Å². The largest absolute Gasteiger partial charge is 0.497 e. The highest BCUT2D eigenvalue weighted by atomic mass is 16.5. The molecular formula is C23H23N5O5. The molecule has 2 aromatic heterocycles. The summed E-state index contributed by atoms with van der Waals surface area (Å²) in [5, 5.41) is 11.2. The zero-order valence-corrected chi connectivity index (χ0v) is 18.4. The van der Waals surface area contributed by atoms with Crippen molar-refractivity contribution >= 4 is 17.1 Å². The molecule has 0 aliphatic heterocycles. The first kappa shape index (κ1) is 21.9. The van der Waals surface area contributed by atoms with Gasteiger partial charge in [0.1, 0.15) is 35.6 Å². The summed E-state index contributed by atoms with van der Waals surface area (Å²) in [7, 11) is 3.03. The predicted molar refractivity (Wildman–Crippen MR) is 122 cm³/mol. The molecule has 0 saturated heterocycles. The van der Waals surface area contributed by atoms with E-state index in [2.05, 4.69) is 15.5 Å². The number of nitrogens with one attached hydrogen (secondary N) is 1. The number of ether oxygens (including phenoxy) is 3. The number of carbonyl (C=O) groups excluding carboxylic acids is 1. The molecule has 0 aliphatic rings. The number of hydrogen-bond acceptors (Lipinski definition) is 7. The van der Waals surface area contributed by atoms with E-state index in [-0.39, 0.29) is 6.54 Å². The minimum atomic E-state index is -0.438. The number of carbonyl (C=O) groups is 1. The fourth-order valence-electron chi connectivity index (χ4n) is 3.32. The Hall–Kier alpha value is -4.34. The maximum atomic E-state index is 12.9. The van der Waals surface area contributed by atoms with Gasteiger partial charge in [-0.05, 0) is 49.4 Å². The topological polar surface area (TPSA) is 109 Å². The summed E-state index contributed by atoms with van der Waals surface area (Å²) >= 11 is 0. The van der Waals surface area contributed by atoms with Crippen molar-refractivity contribution in [3.8, 4) is 28.5 Å². The third-order valence-corrected chi connectivity index (χ3v) is 4.92. The first-order valence-electron chi connectivity index (χ1n) is 10.2. The van der Waals surface area contributed by atoms with Crippen molar-refractivity contribution in [2.45, 2.75) is 13.5 Å². The van der Waals surface area contributed by atoms with Gasteiger partial charge >= 0.3 is 0 Å². The van der Waals surface area contributed by atoms with Crippen LogP contribution in [0.1, 0.15) is 6.92 Å². The van der Waals surface area contributed by atoms with Crippen LogP contribution in [0.2, 0.25) is 0 Å². The molecule has 33 heavy (non-hydrogen) atoms. The molecule has 4 aromatic rings. The van der Waals surface area contributed by atoms with Gasteiger partial charge in [0.05, 0.1) is 32.2 Å². The second kappa shape index (κ2) is 9.43. The van der Waals surface area contributed by atoms with Crippen LogP contribution in [-0.4, -0.2) is 46.1 Å². The lowest BCUT2D eigenvalue weighted by Gasteiger charge is -2.12. The van der Waals surface area contributed by atoms with Crippen LogP contribution in [0.5, 0.6) is 17.2 Å². The van der Waals surface area contributed by atoms with E-state index in [0.717, 1.165) is 16.0 Å². The third-order valence-electron chi connectivity index (χ3n) is 4.92. The summed E-state index contributed by atoms with van der Waals surface area (Å²) in [4.78, 5) is 25.5. The highest BCUT2D eigenvalue weighted by Crippen LogP contribution is 2.28. The second-order valence-electron chi connectivity index (χ2n) is 7.02. The monoisotopic (exact) mass is 449 g/mol. The van der Waals surface area contributed by atoms with Gasteiger partial charge in [0.2, 0.25) is 5.91 Å². The number of amides is 1. The van der Waals surface area contributed by atoms with E-state index >= 15 is 0 Å². The Morgan fingerprint density at radius 2 is 1.79 bits per heavy atom. The molecule has 0 saturated carbocycles. The fourth-order valence-corrected chi connectivity index (χ4v) is 3.32. The molecule has 10 nitrogen and oxygen atoms in total. The molecule has 1 N–H and O–H groups in total. The predicted octanol–water partition coefficient (Wildman–Crippen LogP) is 2.61. The lowest BCUT2D eigenvalue weighted by Crippen LogP contribution is -2.30. The standard InChI is InChI=1S/C23H23N5O5/c1-4-33-16-7-5-15(6-8-16)18-12-20-23(30)27(24-14-28(20)26-18)13-22(29)25-19-11-17(31-2)9-10-21(19)32-3/h5-12,14H,4,13H2,1-3H3,(H,25,29). The highest BCUT2D eigenvalue weighted by Gasteiger charge is 2.14. The van der Waals surface area contributed by atoms with Crippen molar-refractivity contribution < 1.29 is 19.0 Å². The summed E-state index contributed by atoms with van der Waals surface area (Å²) in [6, 6.07) is 14.1. The maximum absolute atomic E-state index is 12.9. The Labute approximate surface area is 189 Å². The average Bonchev–Trinajstić information content (AvgIpc) is 3.27. The smallest absolute Gasteiger partial charge is 0.293 e. The van der Waals surface area contributed by atoms with Crippen LogP contribution in [-0.2, 0) is 11.3 Å². The first-order valence-corrected chi connectivity index (χ1v) is 10.2. The van der Waals surface area contributed by atoms with Gasteiger partial charge in [0.25, 0.3) is 5.56 Å². The third kappa shape index (κ3) is 4.64. The molecule has 0 aliphatic carbocycles. The van der Waals surface area contributed by atoms with Crippen molar-refractivity contribution in [3.63, 3.8) is 0 Å². The van der Waals surface area contributed by atoms with Gasteiger partial charge in [-0.1, -0.05) is 0 Å². The van der Waals surface area contributed by atoms with Gasteiger partial charge in [0, 0.05) is 11.6 Å². The fraction of sp³-hybridized carbons (Fsp3) is 0.217. The van der Waals surface area contributed by atoms with Crippen molar-refractivity contribution in [2.24, 2.45) is 0 Å². The van der Waals surface area contributed by atoms with E-state index in [4.69, 9.17) is 14.2 Å². The van der Waals surface area contributed by atoms with E-state index in [9.17, 15) is 9.59 Å². The number of aromatic nitrogens is 4. The molecule has 1 amide bonds. The maximum Gasteiger partial charge on any atom is 0.293 e. The SMILES string of the molecule is CCOc1ccc(-c2cc3c(=O)n(CC(=O)Nc4cc(OC)ccc4OC)ncn3n2)cc1. The summed E-state index contributed by atoms with van der Waals surface area (Å²) < 4.78 is 18.4. The summed E-state index contributed by atoms with van der Waals surface area (Å²) in [6.45, 7) is 2.22. The summed E-state index contributed by atoms with van der Waals surface area (Å²) in [5.41, 5.74) is 1.74. The Balaban J connectivity index is 1.56. The molecule has 2 aromatic carbocycles. The number of hydrogen-bond donors (Lipinski definition) is 1. The van der Waals surface area contributed by atoms with Crippen LogP contribution in [0.25, 0.3) is 16.8 Å². The molecule has 0 unspecified atom stereocenters. The second-order valence-corrected chi connectivity index (χ2v) is 7.02. The molecule has 0 radical (unpaired) electrons. The number of methoxy groups -OCH3 is 2. The number of benzene rings is 2. The van der Waals surface area contributed by atoms with Crippen LogP contribution in [0.15, 0.2) is 59.7 Å². The van der Waals surface area contributed by atoms with Gasteiger partial charge in [-0.25, -0.2) is 9.20 Å². The molecule has 0 atom stereocenters. The first-order chi connectivity index (χ1) is 16.0. The molecule has 0 bridgehead atoms. The van der Waals surface area contributed by atoms with E-state index < -0.39 is 11.5 Å². The molecule has 0 fully saturated rings. The van der Waals surface area contributed by atoms with Crippen LogP contribution >= 0.6 is 0 Å². The normalized spacial score (nSPS) is 10.8. The minimum Gasteiger partial charge on any atom is -0.497 e. The average molecular weight is 449 g/mol. The minimum absolute atomic E-state index is 0.279. The molecule has 0 spiro atoms. The number of nitrogens with zero attached hydrogens (tertiary/aromatic N) is 4. The van der Waals surface area contributed by atoms with E-state index in [1.54, 1.807) is 24.3 Å². The summed E-state index contributed by atoms with van der Waals surface area (Å²) in [5.74, 6) is 1.35. The van der Waals surface area contributed by atoms with Crippen molar-refractivity contribution in [1.29, 1.82) is 0 Å². The Bertz CT molecular complexity index is 1340. The number of rotatable bonds is 8. The van der Waals surface area contributed by atoms with Gasteiger partial charge in [-0.15, -0.1) is 0 Å². The van der Waals surface area contributed by atoms with Gasteiger partial charge in [0.15, 0.2) is 0 Å². The Morgan fingerprint density at radius 3 is 2.48 bits per heavy atom. The van der Waals surface area contributed by atoms with Crippen LogP contribution in [0, 0.1) is 0 Å². The zero-order chi connectivity index (χ0) is 23.4. The highest BCUT2D eigenvalue weighted by molar-refractivity contribution is 5.92. The summed E-state index contributed by atoms with van der Waals surface area (Å²) in [6.07, 6.45) is 1.40. The molecule has 2 heterocycles. The number of fused-ring (bicyclic) bond motifs is 1. The number of anilines is 1. The molecule has 4 rings (SSSR count). The zero-order valence-electron chi connectivity index (χ0n) is 18.4. The van der Waals surface area contributed by atoms with Crippen molar-refractivity contribution in [2.75, 3.05) is 26.1 Å². The lowest BCUT2D eigenvalue weighted by molar-refractivity contribution is -0.117. The Morgan fingerprint density at radius 1 is 1.03 bits per heavy atom. The van der Waals surface area contributed by atoms with E-state index in [1.807, 2.05) is 31.2 Å². The van der Waals surface area contributed by atoms with Gasteiger partial charge in [-0.3, -0.25) is 9.59 Å². The Kier molecular flexibility index (Phi) is 6.25. The van der Waals surface area contributed by atoms with E-state index in [0.29, 0.717) is 35.0 Å². The molecule has 10 heteroatoms.